The largest absolute Gasteiger partial charge is 0.369 e. The maximum absolute atomic E-state index is 5.75. The maximum atomic E-state index is 5.75. The van der Waals surface area contributed by atoms with Crippen molar-refractivity contribution in [2.75, 3.05) is 5.73 Å². The topological polar surface area (TPSA) is 61.7 Å². The van der Waals surface area contributed by atoms with Crippen LogP contribution >= 0.6 is 0 Å². The Morgan fingerprint density at radius 1 is 1.47 bits per heavy atom. The Hall–Kier alpha value is -1.78. The number of anilines is 1. The van der Waals surface area contributed by atoms with E-state index in [4.69, 9.17) is 5.73 Å². The molecule has 0 amide bonds. The van der Waals surface area contributed by atoms with Gasteiger partial charge in [-0.25, -0.2) is 4.98 Å². The van der Waals surface area contributed by atoms with Crippen LogP contribution in [0.15, 0.2) is 18.5 Å². The fraction of sp³-hybridized carbons (Fsp3) is 0.400. The Morgan fingerprint density at radius 3 is 2.80 bits per heavy atom. The van der Waals surface area contributed by atoms with Crippen molar-refractivity contribution in [1.82, 2.24) is 19.3 Å². The lowest BCUT2D eigenvalue weighted by Crippen LogP contribution is -2.07. The summed E-state index contributed by atoms with van der Waals surface area (Å²) >= 11 is 0. The summed E-state index contributed by atoms with van der Waals surface area (Å²) in [6, 6.07) is 2.01. The summed E-state index contributed by atoms with van der Waals surface area (Å²) in [5.41, 5.74) is 7.90. The Kier molecular flexibility index (Phi) is 2.45. The molecular formula is C10H15N5. The van der Waals surface area contributed by atoms with E-state index >= 15 is 0 Å². The first-order valence-electron chi connectivity index (χ1n) is 4.93. The van der Waals surface area contributed by atoms with Crippen LogP contribution in [0.4, 0.5) is 5.95 Å². The van der Waals surface area contributed by atoms with Gasteiger partial charge in [0.25, 0.3) is 0 Å². The summed E-state index contributed by atoms with van der Waals surface area (Å²) in [4.78, 5) is 4.15. The van der Waals surface area contributed by atoms with Gasteiger partial charge in [0, 0.05) is 38.1 Å². The first-order chi connectivity index (χ1) is 7.16. The van der Waals surface area contributed by atoms with E-state index in [1.54, 1.807) is 6.20 Å². The van der Waals surface area contributed by atoms with Gasteiger partial charge in [0.05, 0.1) is 5.69 Å². The molecule has 2 N–H and O–H groups in total. The Morgan fingerprint density at radius 2 is 2.27 bits per heavy atom. The monoisotopic (exact) mass is 205 g/mol. The number of nitrogens with zero attached hydrogens (tertiary/aromatic N) is 4. The van der Waals surface area contributed by atoms with Crippen molar-refractivity contribution in [3.63, 3.8) is 0 Å². The van der Waals surface area contributed by atoms with Crippen molar-refractivity contribution in [3.8, 4) is 0 Å². The predicted molar refractivity (Wildman–Crippen MR) is 58.3 cm³/mol. The van der Waals surface area contributed by atoms with E-state index in [1.165, 1.54) is 5.69 Å². The fourth-order valence-corrected chi connectivity index (χ4v) is 1.63. The van der Waals surface area contributed by atoms with Crippen LogP contribution in [0.25, 0.3) is 0 Å². The van der Waals surface area contributed by atoms with Crippen LogP contribution in [-0.2, 0) is 20.0 Å². The fourth-order valence-electron chi connectivity index (χ4n) is 1.63. The van der Waals surface area contributed by atoms with Crippen molar-refractivity contribution in [1.29, 1.82) is 0 Å². The summed E-state index contributed by atoms with van der Waals surface area (Å²) in [5, 5.41) is 4.12. The Bertz CT molecular complexity index is 454. The van der Waals surface area contributed by atoms with Crippen LogP contribution in [-0.4, -0.2) is 19.3 Å². The highest BCUT2D eigenvalue weighted by Gasteiger charge is 2.03. The molecule has 0 unspecified atom stereocenters. The molecule has 15 heavy (non-hydrogen) atoms. The first kappa shape index (κ1) is 9.76. The van der Waals surface area contributed by atoms with E-state index in [0.29, 0.717) is 5.95 Å². The molecule has 0 bridgehead atoms. The molecule has 2 aromatic rings. The smallest absolute Gasteiger partial charge is 0.200 e. The molecule has 2 heterocycles. The number of imidazole rings is 1. The summed E-state index contributed by atoms with van der Waals surface area (Å²) in [7, 11) is 1.94. The van der Waals surface area contributed by atoms with Crippen LogP contribution in [0, 0.1) is 6.92 Å². The molecule has 0 spiro atoms. The Balaban J connectivity index is 2.05. The SMILES string of the molecule is Cc1cn(CCc2ccnn2C)c(N)n1. The highest BCUT2D eigenvalue weighted by molar-refractivity contribution is 5.21. The minimum atomic E-state index is 0.578. The second kappa shape index (κ2) is 3.76. The van der Waals surface area contributed by atoms with Crippen molar-refractivity contribution in [2.24, 2.45) is 7.05 Å². The molecule has 2 aromatic heterocycles. The van der Waals surface area contributed by atoms with E-state index in [2.05, 4.69) is 10.1 Å². The minimum Gasteiger partial charge on any atom is -0.369 e. The van der Waals surface area contributed by atoms with Crippen LogP contribution in [0.2, 0.25) is 0 Å². The van der Waals surface area contributed by atoms with Crippen molar-refractivity contribution < 1.29 is 0 Å². The third-order valence-corrected chi connectivity index (χ3v) is 2.46. The van der Waals surface area contributed by atoms with Gasteiger partial charge in [0.1, 0.15) is 0 Å². The third kappa shape index (κ3) is 2.01. The van der Waals surface area contributed by atoms with Gasteiger partial charge in [0.15, 0.2) is 5.95 Å². The molecule has 0 atom stereocenters. The first-order valence-corrected chi connectivity index (χ1v) is 4.93. The van der Waals surface area contributed by atoms with Crippen LogP contribution in [0.5, 0.6) is 0 Å². The number of nitrogen functional groups attached to an aromatic ring is 1. The molecule has 0 radical (unpaired) electrons. The zero-order chi connectivity index (χ0) is 10.8. The lowest BCUT2D eigenvalue weighted by Gasteiger charge is -2.04. The molecule has 80 valence electrons. The van der Waals surface area contributed by atoms with Crippen molar-refractivity contribution >= 4 is 5.95 Å². The van der Waals surface area contributed by atoms with Gasteiger partial charge in [-0.2, -0.15) is 5.10 Å². The Labute approximate surface area is 88.5 Å². The van der Waals surface area contributed by atoms with Gasteiger partial charge in [-0.3, -0.25) is 4.68 Å². The maximum Gasteiger partial charge on any atom is 0.200 e. The second-order valence-electron chi connectivity index (χ2n) is 3.63. The lowest BCUT2D eigenvalue weighted by atomic mass is 10.3. The highest BCUT2D eigenvalue weighted by Crippen LogP contribution is 2.06. The number of nitrogens with two attached hydrogens (primary N) is 1. The van der Waals surface area contributed by atoms with Gasteiger partial charge < -0.3 is 10.3 Å². The number of aryl methyl sites for hydroxylation is 4. The molecule has 0 aromatic carbocycles. The second-order valence-corrected chi connectivity index (χ2v) is 3.63. The summed E-state index contributed by atoms with van der Waals surface area (Å²) in [5.74, 6) is 0.578. The van der Waals surface area contributed by atoms with Crippen LogP contribution in [0.3, 0.4) is 0 Å². The molecule has 0 aliphatic carbocycles. The number of hydrogen-bond donors (Lipinski definition) is 1. The van der Waals surface area contributed by atoms with Crippen molar-refractivity contribution in [3.05, 3.63) is 29.8 Å². The zero-order valence-corrected chi connectivity index (χ0v) is 9.01. The summed E-state index contributed by atoms with van der Waals surface area (Å²) < 4.78 is 3.84. The average Bonchev–Trinajstić information content (AvgIpc) is 2.70. The van der Waals surface area contributed by atoms with E-state index < -0.39 is 0 Å². The predicted octanol–water partition coefficient (Wildman–Crippen LogP) is 0.750. The van der Waals surface area contributed by atoms with Gasteiger partial charge in [-0.15, -0.1) is 0 Å². The average molecular weight is 205 g/mol. The van der Waals surface area contributed by atoms with Crippen LogP contribution < -0.4 is 5.73 Å². The van der Waals surface area contributed by atoms with E-state index in [9.17, 15) is 0 Å². The number of rotatable bonds is 3. The summed E-state index contributed by atoms with van der Waals surface area (Å²) in [6.45, 7) is 2.78. The third-order valence-electron chi connectivity index (χ3n) is 2.46. The summed E-state index contributed by atoms with van der Waals surface area (Å²) in [6.07, 6.45) is 4.68. The standard InChI is InChI=1S/C10H15N5/c1-8-7-15(10(11)13-8)6-4-9-3-5-12-14(9)2/h3,5,7H,4,6H2,1-2H3,(H2,11,13). The van der Waals surface area contributed by atoms with E-state index in [1.807, 2.05) is 35.5 Å². The van der Waals surface area contributed by atoms with E-state index in [0.717, 1.165) is 18.7 Å². The molecule has 2 rings (SSSR count). The molecule has 5 heteroatoms. The molecular weight excluding hydrogens is 190 g/mol. The molecule has 0 fully saturated rings. The van der Waals surface area contributed by atoms with Gasteiger partial charge in [-0.1, -0.05) is 0 Å². The molecule has 0 aliphatic heterocycles. The minimum absolute atomic E-state index is 0.578. The molecule has 0 aliphatic rings. The zero-order valence-electron chi connectivity index (χ0n) is 9.01. The van der Waals surface area contributed by atoms with Gasteiger partial charge in [0.2, 0.25) is 0 Å². The van der Waals surface area contributed by atoms with Crippen LogP contribution in [0.1, 0.15) is 11.4 Å². The van der Waals surface area contributed by atoms with Crippen molar-refractivity contribution in [2.45, 2.75) is 19.9 Å². The lowest BCUT2D eigenvalue weighted by molar-refractivity contribution is 0.641. The van der Waals surface area contributed by atoms with E-state index in [-0.39, 0.29) is 0 Å². The van der Waals surface area contributed by atoms with Gasteiger partial charge >= 0.3 is 0 Å². The normalized spacial score (nSPS) is 10.8. The number of hydrogen-bond acceptors (Lipinski definition) is 3. The molecule has 0 saturated carbocycles. The quantitative estimate of drug-likeness (QED) is 0.804. The highest BCUT2D eigenvalue weighted by atomic mass is 15.3. The molecule has 5 nitrogen and oxygen atoms in total. The molecule has 0 saturated heterocycles. The van der Waals surface area contributed by atoms with Gasteiger partial charge in [-0.05, 0) is 13.0 Å². The number of aromatic nitrogens is 4.